The molecule has 1 aromatic heterocycles. The molecule has 17 heavy (non-hydrogen) atoms. The molecule has 2 rings (SSSR count). The van der Waals surface area contributed by atoms with Gasteiger partial charge in [-0.3, -0.25) is 4.79 Å². The third kappa shape index (κ3) is 2.71. The summed E-state index contributed by atoms with van der Waals surface area (Å²) in [5.74, 6) is -0.111. The Bertz CT molecular complexity index is 505. The van der Waals surface area contributed by atoms with Gasteiger partial charge in [0.05, 0.1) is 10.4 Å². The minimum absolute atomic E-state index is 0.111. The minimum atomic E-state index is -0.111. The molecular formula is C13H14N2OS. The summed E-state index contributed by atoms with van der Waals surface area (Å²) in [4.78, 5) is 17.0. The van der Waals surface area contributed by atoms with Crippen LogP contribution in [0.2, 0.25) is 0 Å². The second-order valence-electron chi connectivity index (χ2n) is 4.02. The number of benzene rings is 1. The van der Waals surface area contributed by atoms with Crippen molar-refractivity contribution in [1.29, 1.82) is 0 Å². The van der Waals surface area contributed by atoms with Crippen molar-refractivity contribution in [2.45, 2.75) is 19.9 Å². The van der Waals surface area contributed by atoms with Gasteiger partial charge in [0, 0.05) is 6.04 Å². The quantitative estimate of drug-likeness (QED) is 0.904. The molecule has 0 bridgehead atoms. The Kier molecular flexibility index (Phi) is 3.54. The zero-order valence-corrected chi connectivity index (χ0v) is 10.6. The summed E-state index contributed by atoms with van der Waals surface area (Å²) in [5.41, 5.74) is 3.25. The normalized spacial score (nSPS) is 10.5. The highest BCUT2D eigenvalue weighted by Crippen LogP contribution is 2.27. The maximum Gasteiger partial charge on any atom is 0.271 e. The number of nitrogens with zero attached hydrogens (tertiary/aromatic N) is 1. The van der Waals surface area contributed by atoms with Crippen molar-refractivity contribution in [3.63, 3.8) is 0 Å². The third-order valence-corrected chi connectivity index (χ3v) is 3.11. The highest BCUT2D eigenvalue weighted by Gasteiger charge is 2.16. The van der Waals surface area contributed by atoms with Crippen molar-refractivity contribution in [2.75, 3.05) is 0 Å². The summed E-state index contributed by atoms with van der Waals surface area (Å²) < 4.78 is 0. The smallest absolute Gasteiger partial charge is 0.271 e. The molecular weight excluding hydrogens is 232 g/mol. The number of carbonyl (C=O) groups excluding carboxylic acids is 1. The van der Waals surface area contributed by atoms with Crippen LogP contribution < -0.4 is 5.32 Å². The summed E-state index contributed by atoms with van der Waals surface area (Å²) in [6.07, 6.45) is 0. The van der Waals surface area contributed by atoms with Crippen LogP contribution in [0.1, 0.15) is 24.3 Å². The average Bonchev–Trinajstić information content (AvgIpc) is 2.78. The molecule has 0 saturated carbocycles. The van der Waals surface area contributed by atoms with E-state index in [1.54, 1.807) is 5.51 Å². The first kappa shape index (κ1) is 11.8. The SMILES string of the molecule is CC(C)NC(=O)c1ncsc1-c1ccccc1. The number of amides is 1. The first-order valence-corrected chi connectivity index (χ1v) is 6.36. The molecule has 0 aliphatic rings. The van der Waals surface area contributed by atoms with Gasteiger partial charge in [0.2, 0.25) is 0 Å². The number of carbonyl (C=O) groups is 1. The first-order valence-electron chi connectivity index (χ1n) is 5.48. The molecule has 1 aromatic carbocycles. The number of aromatic nitrogens is 1. The fourth-order valence-electron chi connectivity index (χ4n) is 1.53. The van der Waals surface area contributed by atoms with Gasteiger partial charge in [-0.15, -0.1) is 11.3 Å². The van der Waals surface area contributed by atoms with Crippen LogP contribution in [0, 0.1) is 0 Å². The number of thiazole rings is 1. The van der Waals surface area contributed by atoms with Gasteiger partial charge >= 0.3 is 0 Å². The number of hydrogen-bond donors (Lipinski definition) is 1. The van der Waals surface area contributed by atoms with E-state index in [1.807, 2.05) is 44.2 Å². The zero-order valence-electron chi connectivity index (χ0n) is 9.81. The molecule has 88 valence electrons. The van der Waals surface area contributed by atoms with Gasteiger partial charge in [0.15, 0.2) is 0 Å². The lowest BCUT2D eigenvalue weighted by atomic mass is 10.1. The topological polar surface area (TPSA) is 42.0 Å². The summed E-state index contributed by atoms with van der Waals surface area (Å²) in [6, 6.07) is 9.96. The van der Waals surface area contributed by atoms with Gasteiger partial charge in [0.25, 0.3) is 5.91 Å². The van der Waals surface area contributed by atoms with Crippen molar-refractivity contribution in [3.8, 4) is 10.4 Å². The minimum Gasteiger partial charge on any atom is -0.348 e. The molecule has 2 aromatic rings. The molecule has 0 unspecified atom stereocenters. The van der Waals surface area contributed by atoms with E-state index in [4.69, 9.17) is 0 Å². The monoisotopic (exact) mass is 246 g/mol. The van der Waals surface area contributed by atoms with Crippen molar-refractivity contribution in [3.05, 3.63) is 41.5 Å². The summed E-state index contributed by atoms with van der Waals surface area (Å²) in [7, 11) is 0. The maximum absolute atomic E-state index is 11.9. The van der Waals surface area contributed by atoms with Crippen molar-refractivity contribution >= 4 is 17.2 Å². The van der Waals surface area contributed by atoms with Gasteiger partial charge < -0.3 is 5.32 Å². The lowest BCUT2D eigenvalue weighted by molar-refractivity contribution is 0.0939. The Hall–Kier alpha value is -1.68. The largest absolute Gasteiger partial charge is 0.348 e. The van der Waals surface area contributed by atoms with Crippen LogP contribution in [0.15, 0.2) is 35.8 Å². The summed E-state index contributed by atoms with van der Waals surface area (Å²) in [6.45, 7) is 3.87. The van der Waals surface area contributed by atoms with Gasteiger partial charge in [-0.1, -0.05) is 30.3 Å². The second-order valence-corrected chi connectivity index (χ2v) is 4.88. The van der Waals surface area contributed by atoms with E-state index in [2.05, 4.69) is 10.3 Å². The van der Waals surface area contributed by atoms with Crippen molar-refractivity contribution < 1.29 is 4.79 Å². The molecule has 0 aliphatic heterocycles. The predicted molar refractivity (Wildman–Crippen MR) is 70.2 cm³/mol. The first-order chi connectivity index (χ1) is 8.18. The molecule has 0 fully saturated rings. The zero-order chi connectivity index (χ0) is 12.3. The molecule has 0 saturated heterocycles. The van der Waals surface area contributed by atoms with Crippen LogP contribution in [-0.4, -0.2) is 16.9 Å². The molecule has 1 N–H and O–H groups in total. The van der Waals surface area contributed by atoms with E-state index in [-0.39, 0.29) is 11.9 Å². The number of rotatable bonds is 3. The Morgan fingerprint density at radius 2 is 2.00 bits per heavy atom. The molecule has 0 radical (unpaired) electrons. The standard InChI is InChI=1S/C13H14N2OS/c1-9(2)15-13(16)11-12(17-8-14-11)10-6-4-3-5-7-10/h3-9H,1-2H3,(H,15,16). The summed E-state index contributed by atoms with van der Waals surface area (Å²) in [5, 5.41) is 2.86. The van der Waals surface area contributed by atoms with E-state index in [0.29, 0.717) is 5.69 Å². The van der Waals surface area contributed by atoms with Crippen LogP contribution in [0.5, 0.6) is 0 Å². The highest BCUT2D eigenvalue weighted by atomic mass is 32.1. The van der Waals surface area contributed by atoms with Gasteiger partial charge in [-0.2, -0.15) is 0 Å². The Labute approximate surface area is 105 Å². The van der Waals surface area contributed by atoms with Crippen LogP contribution >= 0.6 is 11.3 Å². The second kappa shape index (κ2) is 5.10. The Morgan fingerprint density at radius 1 is 1.29 bits per heavy atom. The highest BCUT2D eigenvalue weighted by molar-refractivity contribution is 7.13. The number of hydrogen-bond acceptors (Lipinski definition) is 3. The van der Waals surface area contributed by atoms with E-state index in [1.165, 1.54) is 11.3 Å². The maximum atomic E-state index is 11.9. The van der Waals surface area contributed by atoms with Gasteiger partial charge in [0.1, 0.15) is 5.69 Å². The van der Waals surface area contributed by atoms with E-state index < -0.39 is 0 Å². The van der Waals surface area contributed by atoms with Gasteiger partial charge in [-0.25, -0.2) is 4.98 Å². The molecule has 3 nitrogen and oxygen atoms in total. The van der Waals surface area contributed by atoms with Crippen LogP contribution in [0.25, 0.3) is 10.4 Å². The Balaban J connectivity index is 2.32. The van der Waals surface area contributed by atoms with Crippen LogP contribution in [0.3, 0.4) is 0 Å². The fraction of sp³-hybridized carbons (Fsp3) is 0.231. The molecule has 0 spiro atoms. The van der Waals surface area contributed by atoms with E-state index >= 15 is 0 Å². The van der Waals surface area contributed by atoms with E-state index in [0.717, 1.165) is 10.4 Å². The Morgan fingerprint density at radius 3 is 2.65 bits per heavy atom. The van der Waals surface area contributed by atoms with E-state index in [9.17, 15) is 4.79 Å². The van der Waals surface area contributed by atoms with Crippen molar-refractivity contribution in [2.24, 2.45) is 0 Å². The predicted octanol–water partition coefficient (Wildman–Crippen LogP) is 2.95. The average molecular weight is 246 g/mol. The summed E-state index contributed by atoms with van der Waals surface area (Å²) >= 11 is 1.49. The molecule has 1 amide bonds. The van der Waals surface area contributed by atoms with Crippen LogP contribution in [-0.2, 0) is 0 Å². The lowest BCUT2D eigenvalue weighted by Gasteiger charge is -2.07. The molecule has 0 atom stereocenters. The van der Waals surface area contributed by atoms with Crippen molar-refractivity contribution in [1.82, 2.24) is 10.3 Å². The third-order valence-electron chi connectivity index (χ3n) is 2.24. The van der Waals surface area contributed by atoms with Gasteiger partial charge in [-0.05, 0) is 19.4 Å². The molecule has 4 heteroatoms. The molecule has 0 aliphatic carbocycles. The molecule has 1 heterocycles. The van der Waals surface area contributed by atoms with Crippen LogP contribution in [0.4, 0.5) is 0 Å². The number of nitrogens with one attached hydrogen (secondary N) is 1. The lowest BCUT2D eigenvalue weighted by Crippen LogP contribution is -2.30. The fourth-order valence-corrected chi connectivity index (χ4v) is 2.33.